The number of aliphatic imine (C=N–C) groups is 1. The number of anilines is 1. The summed E-state index contributed by atoms with van der Waals surface area (Å²) in [6, 6.07) is 18.3. The van der Waals surface area contributed by atoms with E-state index in [1.807, 2.05) is 41.8 Å². The maximum atomic E-state index is 14.1. The molecule has 1 amide bonds. The molecule has 3 aromatic carbocycles. The highest BCUT2D eigenvalue weighted by atomic mass is 35.5. The number of fused-ring (bicyclic) bond motifs is 3. The molecular weight excluding hydrogens is 469 g/mol. The minimum Gasteiger partial charge on any atom is -0.497 e. The maximum Gasteiger partial charge on any atom is 0.227 e. The number of aryl methyl sites for hydroxylation is 1. The lowest BCUT2D eigenvalue weighted by Crippen LogP contribution is -2.18. The lowest BCUT2D eigenvalue weighted by Gasteiger charge is -2.14. The lowest BCUT2D eigenvalue weighted by atomic mass is 10.00. The fraction of sp³-hybridized carbons (Fsp3) is 0.154. The van der Waals surface area contributed by atoms with E-state index in [1.54, 1.807) is 31.4 Å². The zero-order valence-electron chi connectivity index (χ0n) is 19.0. The molecule has 7 nitrogen and oxygen atoms in total. The summed E-state index contributed by atoms with van der Waals surface area (Å²) in [6.45, 7) is 1.84. The molecule has 1 N–H and O–H groups in total. The number of nitrogens with one attached hydrogen (secondary N) is 1. The molecule has 1 aliphatic heterocycles. The minimum atomic E-state index is -0.674. The largest absolute Gasteiger partial charge is 0.497 e. The molecule has 5 rings (SSSR count). The molecule has 0 bridgehead atoms. The number of amides is 1. The van der Waals surface area contributed by atoms with E-state index in [2.05, 4.69) is 15.5 Å². The molecule has 0 fully saturated rings. The highest BCUT2D eigenvalue weighted by Crippen LogP contribution is 2.34. The van der Waals surface area contributed by atoms with Crippen LogP contribution in [0.1, 0.15) is 35.2 Å². The van der Waals surface area contributed by atoms with E-state index in [1.165, 1.54) is 12.1 Å². The molecule has 1 aromatic heterocycles. The molecule has 1 aliphatic rings. The summed E-state index contributed by atoms with van der Waals surface area (Å²) in [5.74, 6) is 0.925. The molecule has 0 saturated carbocycles. The van der Waals surface area contributed by atoms with Crippen molar-refractivity contribution in [2.45, 2.75) is 19.4 Å². The third-order valence-electron chi connectivity index (χ3n) is 5.78. The van der Waals surface area contributed by atoms with Crippen molar-refractivity contribution >= 4 is 28.9 Å². The van der Waals surface area contributed by atoms with Crippen LogP contribution in [0, 0.1) is 12.7 Å². The number of hydrogen-bond donors (Lipinski definition) is 1. The SMILES string of the molecule is COc1ccc2c(c1)C(c1ccc(Cl)cc1)=N[C@@H](CC(=O)Nc1ccccc1F)c1nnc(C)n1-2. The van der Waals surface area contributed by atoms with Gasteiger partial charge < -0.3 is 10.1 Å². The van der Waals surface area contributed by atoms with Gasteiger partial charge in [0.25, 0.3) is 0 Å². The van der Waals surface area contributed by atoms with Gasteiger partial charge in [-0.2, -0.15) is 0 Å². The van der Waals surface area contributed by atoms with Gasteiger partial charge in [-0.3, -0.25) is 14.4 Å². The molecule has 1 atom stereocenters. The van der Waals surface area contributed by atoms with Gasteiger partial charge in [-0.15, -0.1) is 10.2 Å². The number of nitrogens with zero attached hydrogens (tertiary/aromatic N) is 4. The average Bonchev–Trinajstić information content (AvgIpc) is 3.18. The smallest absolute Gasteiger partial charge is 0.227 e. The number of carbonyl (C=O) groups is 1. The van der Waals surface area contributed by atoms with E-state index in [0.29, 0.717) is 28.1 Å². The maximum absolute atomic E-state index is 14.1. The molecule has 0 unspecified atom stereocenters. The first-order valence-electron chi connectivity index (χ1n) is 10.9. The first-order chi connectivity index (χ1) is 16.9. The number of methoxy groups -OCH3 is 1. The van der Waals surface area contributed by atoms with Crippen LogP contribution in [-0.2, 0) is 4.79 Å². The highest BCUT2D eigenvalue weighted by Gasteiger charge is 2.30. The monoisotopic (exact) mass is 489 g/mol. The Morgan fingerprint density at radius 3 is 2.63 bits per heavy atom. The fourth-order valence-electron chi connectivity index (χ4n) is 4.12. The predicted octanol–water partition coefficient (Wildman–Crippen LogP) is 5.30. The van der Waals surface area contributed by atoms with Gasteiger partial charge in [0.1, 0.15) is 23.4 Å². The van der Waals surface area contributed by atoms with Crippen LogP contribution in [0.25, 0.3) is 5.69 Å². The minimum absolute atomic E-state index is 0.0608. The van der Waals surface area contributed by atoms with Gasteiger partial charge in [0, 0.05) is 16.1 Å². The lowest BCUT2D eigenvalue weighted by molar-refractivity contribution is -0.116. The van der Waals surface area contributed by atoms with Crippen molar-refractivity contribution in [1.29, 1.82) is 0 Å². The van der Waals surface area contributed by atoms with Crippen LogP contribution < -0.4 is 10.1 Å². The van der Waals surface area contributed by atoms with Gasteiger partial charge >= 0.3 is 0 Å². The van der Waals surface area contributed by atoms with Crippen LogP contribution in [0.4, 0.5) is 10.1 Å². The normalized spacial score (nSPS) is 14.4. The Morgan fingerprint density at radius 2 is 1.89 bits per heavy atom. The van der Waals surface area contributed by atoms with E-state index >= 15 is 0 Å². The van der Waals surface area contributed by atoms with Crippen molar-refractivity contribution in [3.05, 3.63) is 100 Å². The number of rotatable bonds is 5. The van der Waals surface area contributed by atoms with Crippen molar-refractivity contribution in [2.75, 3.05) is 12.4 Å². The van der Waals surface area contributed by atoms with Crippen LogP contribution >= 0.6 is 11.6 Å². The Morgan fingerprint density at radius 1 is 1.11 bits per heavy atom. The molecule has 9 heteroatoms. The molecule has 4 aromatic rings. The van der Waals surface area contributed by atoms with Crippen LogP contribution in [-0.4, -0.2) is 33.5 Å². The molecule has 0 aliphatic carbocycles. The fourth-order valence-corrected chi connectivity index (χ4v) is 4.24. The summed E-state index contributed by atoms with van der Waals surface area (Å²) < 4.78 is 21.5. The molecule has 0 radical (unpaired) electrons. The Labute approximate surface area is 206 Å². The Bertz CT molecular complexity index is 1450. The summed E-state index contributed by atoms with van der Waals surface area (Å²) >= 11 is 6.13. The van der Waals surface area contributed by atoms with Crippen molar-refractivity contribution in [3.63, 3.8) is 0 Å². The summed E-state index contributed by atoms with van der Waals surface area (Å²) in [5.41, 5.74) is 3.20. The first-order valence-corrected chi connectivity index (χ1v) is 11.3. The highest BCUT2D eigenvalue weighted by molar-refractivity contribution is 6.30. The van der Waals surface area contributed by atoms with Crippen molar-refractivity contribution in [2.24, 2.45) is 4.99 Å². The third kappa shape index (κ3) is 4.40. The number of carbonyl (C=O) groups excluding carboxylic acids is 1. The van der Waals surface area contributed by atoms with Gasteiger partial charge in [0.2, 0.25) is 5.91 Å². The van der Waals surface area contributed by atoms with Crippen LogP contribution in [0.5, 0.6) is 5.75 Å². The third-order valence-corrected chi connectivity index (χ3v) is 6.03. The second-order valence-electron chi connectivity index (χ2n) is 8.06. The standard InChI is InChI=1S/C26H21ClFN5O2/c1-15-31-32-26-22(14-24(34)29-21-6-4-3-5-20(21)28)30-25(16-7-9-17(27)10-8-16)19-13-18(35-2)11-12-23(19)33(15)26/h3-13,22H,14H2,1-2H3,(H,29,34)/t22-/m0/s1. The zero-order valence-corrected chi connectivity index (χ0v) is 19.8. The number of ether oxygens (including phenoxy) is 1. The van der Waals surface area contributed by atoms with E-state index < -0.39 is 17.8 Å². The van der Waals surface area contributed by atoms with Gasteiger partial charge in [0.05, 0.1) is 30.6 Å². The molecule has 176 valence electrons. The Balaban J connectivity index is 1.63. The van der Waals surface area contributed by atoms with Crippen molar-refractivity contribution in [1.82, 2.24) is 14.8 Å². The topological polar surface area (TPSA) is 81.4 Å². The van der Waals surface area contributed by atoms with E-state index in [4.69, 9.17) is 21.3 Å². The second-order valence-corrected chi connectivity index (χ2v) is 8.49. The van der Waals surface area contributed by atoms with Gasteiger partial charge in [-0.1, -0.05) is 35.9 Å². The number of benzene rings is 3. The summed E-state index contributed by atoms with van der Waals surface area (Å²) in [5, 5.41) is 11.8. The number of hydrogen-bond acceptors (Lipinski definition) is 5. The Kier molecular flexibility index (Phi) is 6.05. The molecule has 0 spiro atoms. The van der Waals surface area contributed by atoms with Crippen molar-refractivity contribution in [3.8, 4) is 11.4 Å². The summed E-state index contributed by atoms with van der Waals surface area (Å²) in [4.78, 5) is 18.0. The summed E-state index contributed by atoms with van der Waals surface area (Å²) in [6.07, 6.45) is -0.0608. The molecule has 35 heavy (non-hydrogen) atoms. The molecule has 2 heterocycles. The van der Waals surface area contributed by atoms with E-state index in [0.717, 1.165) is 16.8 Å². The average molecular weight is 490 g/mol. The molecule has 0 saturated heterocycles. The van der Waals surface area contributed by atoms with Crippen molar-refractivity contribution < 1.29 is 13.9 Å². The van der Waals surface area contributed by atoms with Crippen LogP contribution in [0.3, 0.4) is 0 Å². The van der Waals surface area contributed by atoms with E-state index in [9.17, 15) is 9.18 Å². The van der Waals surface area contributed by atoms with Gasteiger partial charge in [-0.25, -0.2) is 4.39 Å². The van der Waals surface area contributed by atoms with Crippen LogP contribution in [0.2, 0.25) is 5.02 Å². The molecular formula is C26H21ClFN5O2. The van der Waals surface area contributed by atoms with Crippen LogP contribution in [0.15, 0.2) is 71.7 Å². The zero-order chi connectivity index (χ0) is 24.5. The first kappa shape index (κ1) is 22.7. The number of para-hydroxylation sites is 1. The van der Waals surface area contributed by atoms with E-state index in [-0.39, 0.29) is 12.1 Å². The number of aromatic nitrogens is 3. The summed E-state index contributed by atoms with van der Waals surface area (Å²) in [7, 11) is 1.60. The van der Waals surface area contributed by atoms with Gasteiger partial charge in [0.15, 0.2) is 5.82 Å². The number of halogens is 2. The predicted molar refractivity (Wildman–Crippen MR) is 132 cm³/mol. The second kappa shape index (κ2) is 9.31. The van der Waals surface area contributed by atoms with Gasteiger partial charge in [-0.05, 0) is 49.4 Å². The Hall–Kier alpha value is -4.04. The quantitative estimate of drug-likeness (QED) is 0.412.